The Labute approximate surface area is 88.1 Å². The monoisotopic (exact) mass is 211 g/mol. The number of hydrogen-bond acceptors (Lipinski definition) is 1. The van der Waals surface area contributed by atoms with Crippen LogP contribution in [0.2, 0.25) is 0 Å². The van der Waals surface area contributed by atoms with Gasteiger partial charge in [0.15, 0.2) is 0 Å². The number of aryl methyl sites for hydroxylation is 1. The van der Waals surface area contributed by atoms with Gasteiger partial charge in [-0.1, -0.05) is 33.2 Å². The van der Waals surface area contributed by atoms with Gasteiger partial charge in [0.05, 0.1) is 0 Å². The molecule has 1 heterocycles. The Morgan fingerprint density at radius 3 is 2.20 bits per heavy atom. The second kappa shape index (κ2) is 9.25. The third kappa shape index (κ3) is 6.38. The Bertz CT molecular complexity index is 139. The van der Waals surface area contributed by atoms with Crippen LogP contribution in [0.25, 0.3) is 0 Å². The third-order valence-electron chi connectivity index (χ3n) is 0.777. The minimum absolute atomic E-state index is 0. The van der Waals surface area contributed by atoms with Crippen LogP contribution in [0.1, 0.15) is 19.4 Å². The van der Waals surface area contributed by atoms with Gasteiger partial charge in [-0.25, -0.2) is 11.6 Å². The van der Waals surface area contributed by atoms with E-state index in [1.165, 1.54) is 0 Å². The normalized spacial score (nSPS) is 6.70. The van der Waals surface area contributed by atoms with E-state index in [0.29, 0.717) is 0 Å². The van der Waals surface area contributed by atoms with Crippen LogP contribution in [-0.4, -0.2) is 4.98 Å². The standard InChI is InChI=1S/C6H6N.C2H6.Y/c1-6-2-4-7-5-3-6;1-2;/h2,4-5H,1H3;1-2H3;/q-1;;. The van der Waals surface area contributed by atoms with Gasteiger partial charge in [0.25, 0.3) is 0 Å². The topological polar surface area (TPSA) is 12.9 Å². The molecular weight excluding hydrogens is 199 g/mol. The van der Waals surface area contributed by atoms with Crippen LogP contribution >= 0.6 is 0 Å². The van der Waals surface area contributed by atoms with Crippen LogP contribution in [0.5, 0.6) is 0 Å². The van der Waals surface area contributed by atoms with Crippen molar-refractivity contribution in [1.82, 2.24) is 4.98 Å². The van der Waals surface area contributed by atoms with E-state index in [9.17, 15) is 0 Å². The molecule has 1 radical (unpaired) electrons. The minimum atomic E-state index is 0. The molecule has 1 aromatic heterocycles. The molecule has 1 nitrogen and oxygen atoms in total. The average Bonchev–Trinajstić information content (AvgIpc) is 1.94. The molecule has 0 aromatic carbocycles. The molecule has 10 heavy (non-hydrogen) atoms. The molecule has 0 bridgehead atoms. The first-order valence-electron chi connectivity index (χ1n) is 3.18. The van der Waals surface area contributed by atoms with Gasteiger partial charge < -0.3 is 4.98 Å². The van der Waals surface area contributed by atoms with Crippen molar-refractivity contribution in [3.63, 3.8) is 0 Å². The summed E-state index contributed by atoms with van der Waals surface area (Å²) in [5, 5.41) is 0. The minimum Gasteiger partial charge on any atom is -0.304 e. The van der Waals surface area contributed by atoms with E-state index in [0.717, 1.165) is 5.56 Å². The second-order valence-electron chi connectivity index (χ2n) is 1.42. The van der Waals surface area contributed by atoms with Crippen molar-refractivity contribution < 1.29 is 32.7 Å². The predicted molar refractivity (Wildman–Crippen MR) is 39.2 cm³/mol. The molecular formula is C8H12NY-. The van der Waals surface area contributed by atoms with Crippen molar-refractivity contribution in [3.05, 3.63) is 30.1 Å². The van der Waals surface area contributed by atoms with Gasteiger partial charge in [0, 0.05) is 32.7 Å². The Morgan fingerprint density at radius 2 is 2.00 bits per heavy atom. The molecule has 1 rings (SSSR count). The number of pyridine rings is 1. The van der Waals surface area contributed by atoms with E-state index in [4.69, 9.17) is 0 Å². The molecule has 0 aliphatic heterocycles. The molecule has 0 aliphatic carbocycles. The van der Waals surface area contributed by atoms with Crippen molar-refractivity contribution in [2.75, 3.05) is 0 Å². The summed E-state index contributed by atoms with van der Waals surface area (Å²) in [6.07, 6.45) is 3.42. The summed E-state index contributed by atoms with van der Waals surface area (Å²) in [6, 6.07) is 4.84. The fourth-order valence-corrected chi connectivity index (χ4v) is 0.385. The second-order valence-corrected chi connectivity index (χ2v) is 1.42. The Morgan fingerprint density at radius 1 is 1.40 bits per heavy atom. The smallest absolute Gasteiger partial charge is 0 e. The molecule has 0 fully saturated rings. The fourth-order valence-electron chi connectivity index (χ4n) is 0.385. The van der Waals surface area contributed by atoms with Gasteiger partial charge in [-0.05, 0) is 0 Å². The maximum absolute atomic E-state index is 3.79. The van der Waals surface area contributed by atoms with E-state index in [1.807, 2.05) is 26.8 Å². The van der Waals surface area contributed by atoms with Crippen LogP contribution in [0.3, 0.4) is 0 Å². The summed E-state index contributed by atoms with van der Waals surface area (Å²) in [4.78, 5) is 3.79. The summed E-state index contributed by atoms with van der Waals surface area (Å²) in [6.45, 7) is 5.99. The van der Waals surface area contributed by atoms with Crippen molar-refractivity contribution in [2.24, 2.45) is 0 Å². The largest absolute Gasteiger partial charge is 0.304 e. The molecule has 0 atom stereocenters. The quantitative estimate of drug-likeness (QED) is 0.599. The molecule has 1 aromatic rings. The van der Waals surface area contributed by atoms with Gasteiger partial charge >= 0.3 is 0 Å². The zero-order chi connectivity index (χ0) is 7.11. The van der Waals surface area contributed by atoms with Gasteiger partial charge in [-0.3, -0.25) is 0 Å². The summed E-state index contributed by atoms with van der Waals surface area (Å²) >= 11 is 0. The summed E-state index contributed by atoms with van der Waals surface area (Å²) in [5.41, 5.74) is 1.13. The van der Waals surface area contributed by atoms with Crippen LogP contribution in [-0.2, 0) is 32.7 Å². The van der Waals surface area contributed by atoms with Crippen LogP contribution in [0.15, 0.2) is 18.5 Å². The summed E-state index contributed by atoms with van der Waals surface area (Å²) < 4.78 is 0. The van der Waals surface area contributed by atoms with Crippen LogP contribution in [0.4, 0.5) is 0 Å². The van der Waals surface area contributed by atoms with Gasteiger partial charge in [0.1, 0.15) is 0 Å². The molecule has 0 amide bonds. The maximum atomic E-state index is 3.79. The summed E-state index contributed by atoms with van der Waals surface area (Å²) in [7, 11) is 0. The molecule has 53 valence electrons. The molecule has 2 heteroatoms. The van der Waals surface area contributed by atoms with E-state index in [-0.39, 0.29) is 32.7 Å². The predicted octanol–water partition coefficient (Wildman–Crippen LogP) is 2.21. The fraction of sp³-hybridized carbons (Fsp3) is 0.375. The first-order valence-corrected chi connectivity index (χ1v) is 3.18. The van der Waals surface area contributed by atoms with E-state index < -0.39 is 0 Å². The summed E-state index contributed by atoms with van der Waals surface area (Å²) in [5.74, 6) is 0. The Kier molecular flexibility index (Phi) is 11.9. The van der Waals surface area contributed by atoms with E-state index in [1.54, 1.807) is 12.4 Å². The molecule has 0 spiro atoms. The third-order valence-corrected chi connectivity index (χ3v) is 0.777. The van der Waals surface area contributed by atoms with Crippen LogP contribution in [0, 0.1) is 13.0 Å². The molecule has 0 saturated carbocycles. The van der Waals surface area contributed by atoms with E-state index in [2.05, 4.69) is 11.1 Å². The van der Waals surface area contributed by atoms with E-state index >= 15 is 0 Å². The first-order chi connectivity index (χ1) is 4.39. The Hall–Kier alpha value is 0.254. The van der Waals surface area contributed by atoms with Crippen molar-refractivity contribution in [2.45, 2.75) is 20.8 Å². The average molecular weight is 211 g/mol. The number of hydrogen-bond donors (Lipinski definition) is 0. The zero-order valence-electron chi connectivity index (χ0n) is 6.76. The van der Waals surface area contributed by atoms with Crippen LogP contribution < -0.4 is 0 Å². The molecule has 0 aliphatic rings. The maximum Gasteiger partial charge on any atom is 0 e. The molecule has 0 saturated heterocycles. The molecule has 0 N–H and O–H groups in total. The SMILES string of the molecule is CC.Cc1[c-]cncc1.[Y]. The van der Waals surface area contributed by atoms with Crippen molar-refractivity contribution >= 4 is 0 Å². The van der Waals surface area contributed by atoms with Crippen molar-refractivity contribution in [3.8, 4) is 0 Å². The van der Waals surface area contributed by atoms with Gasteiger partial charge in [-0.2, -0.15) is 6.07 Å². The number of aromatic nitrogens is 1. The zero-order valence-corrected chi connectivity index (χ0v) is 9.59. The number of nitrogens with zero attached hydrogens (tertiary/aromatic N) is 1. The Balaban J connectivity index is 0. The number of rotatable bonds is 0. The first kappa shape index (κ1) is 12.9. The van der Waals surface area contributed by atoms with Crippen molar-refractivity contribution in [1.29, 1.82) is 0 Å². The van der Waals surface area contributed by atoms with Gasteiger partial charge in [0.2, 0.25) is 0 Å². The van der Waals surface area contributed by atoms with Gasteiger partial charge in [-0.15, -0.1) is 0 Å². The molecule has 0 unspecified atom stereocenters.